The van der Waals surface area contributed by atoms with E-state index in [0.717, 1.165) is 25.0 Å². The average molecular weight is 255 g/mol. The predicted molar refractivity (Wildman–Crippen MR) is 69.9 cm³/mol. The fourth-order valence-corrected chi connectivity index (χ4v) is 1.51. The lowest BCUT2D eigenvalue weighted by molar-refractivity contribution is 0.0416. The molecule has 1 aromatic carbocycles. The van der Waals surface area contributed by atoms with Gasteiger partial charge in [0, 0.05) is 6.61 Å². The summed E-state index contributed by atoms with van der Waals surface area (Å²) in [4.78, 5) is 0. The summed E-state index contributed by atoms with van der Waals surface area (Å²) >= 11 is 0. The summed E-state index contributed by atoms with van der Waals surface area (Å²) in [6.07, 6.45) is 2.20. The summed E-state index contributed by atoms with van der Waals surface area (Å²) in [7, 11) is 0. The molecule has 0 heterocycles. The predicted octanol–water partition coefficient (Wildman–Crippen LogP) is 2.66. The summed E-state index contributed by atoms with van der Waals surface area (Å²) in [5.41, 5.74) is 6.65. The van der Waals surface area contributed by atoms with E-state index in [4.69, 9.17) is 15.2 Å². The van der Waals surface area contributed by atoms with Crippen molar-refractivity contribution in [2.24, 2.45) is 5.73 Å². The van der Waals surface area contributed by atoms with Crippen molar-refractivity contribution in [3.63, 3.8) is 0 Å². The smallest absolute Gasteiger partial charge is 0.123 e. The molecule has 3 nitrogen and oxygen atoms in total. The van der Waals surface area contributed by atoms with Gasteiger partial charge < -0.3 is 15.2 Å². The van der Waals surface area contributed by atoms with E-state index in [0.29, 0.717) is 19.8 Å². The molecule has 1 rings (SSSR count). The Morgan fingerprint density at radius 2 is 2.00 bits per heavy atom. The molecular weight excluding hydrogens is 233 g/mol. The van der Waals surface area contributed by atoms with Gasteiger partial charge in [-0.15, -0.1) is 0 Å². The zero-order valence-corrected chi connectivity index (χ0v) is 10.9. The standard InChI is InChI=1S/C14H22FNO2/c1-2-3-7-17-8-9-18-11-14(16)12-5-4-6-13(15)10-12/h4-6,10,14H,2-3,7-9,11,16H2,1H3. The maximum Gasteiger partial charge on any atom is 0.123 e. The van der Waals surface area contributed by atoms with E-state index in [1.807, 2.05) is 0 Å². The second kappa shape index (κ2) is 9.03. The van der Waals surface area contributed by atoms with Crippen molar-refractivity contribution in [2.45, 2.75) is 25.8 Å². The van der Waals surface area contributed by atoms with Gasteiger partial charge in [-0.25, -0.2) is 4.39 Å². The van der Waals surface area contributed by atoms with Gasteiger partial charge >= 0.3 is 0 Å². The second-order valence-electron chi connectivity index (χ2n) is 4.20. The van der Waals surface area contributed by atoms with Crippen LogP contribution in [-0.2, 0) is 9.47 Å². The van der Waals surface area contributed by atoms with Gasteiger partial charge in [0.25, 0.3) is 0 Å². The Morgan fingerprint density at radius 1 is 1.22 bits per heavy atom. The second-order valence-corrected chi connectivity index (χ2v) is 4.20. The van der Waals surface area contributed by atoms with Crippen molar-refractivity contribution in [1.29, 1.82) is 0 Å². The van der Waals surface area contributed by atoms with Crippen molar-refractivity contribution >= 4 is 0 Å². The van der Waals surface area contributed by atoms with Crippen LogP contribution in [0.2, 0.25) is 0 Å². The molecule has 0 saturated carbocycles. The fraction of sp³-hybridized carbons (Fsp3) is 0.571. The highest BCUT2D eigenvalue weighted by molar-refractivity contribution is 5.19. The highest BCUT2D eigenvalue weighted by Gasteiger charge is 2.06. The monoisotopic (exact) mass is 255 g/mol. The van der Waals surface area contributed by atoms with Gasteiger partial charge in [-0.2, -0.15) is 0 Å². The molecule has 0 amide bonds. The molecule has 0 spiro atoms. The van der Waals surface area contributed by atoms with E-state index in [9.17, 15) is 4.39 Å². The van der Waals surface area contributed by atoms with Crippen molar-refractivity contribution in [3.8, 4) is 0 Å². The lowest BCUT2D eigenvalue weighted by Crippen LogP contribution is -2.19. The van der Waals surface area contributed by atoms with Crippen LogP contribution in [-0.4, -0.2) is 26.4 Å². The Balaban J connectivity index is 2.12. The molecule has 2 N–H and O–H groups in total. The summed E-state index contributed by atoms with van der Waals surface area (Å²) in [5, 5.41) is 0. The molecule has 0 aromatic heterocycles. The minimum atomic E-state index is -0.295. The van der Waals surface area contributed by atoms with Gasteiger partial charge in [0.15, 0.2) is 0 Å². The third kappa shape index (κ3) is 6.10. The Labute approximate surface area is 108 Å². The quantitative estimate of drug-likeness (QED) is 0.690. The summed E-state index contributed by atoms with van der Waals surface area (Å²) in [6.45, 7) is 4.37. The number of rotatable bonds is 9. The molecule has 18 heavy (non-hydrogen) atoms. The third-order valence-corrected chi connectivity index (χ3v) is 2.59. The summed E-state index contributed by atoms with van der Waals surface area (Å²) in [6, 6.07) is 5.99. The Bertz CT molecular complexity index is 333. The maximum absolute atomic E-state index is 13.0. The van der Waals surface area contributed by atoms with Crippen LogP contribution >= 0.6 is 0 Å². The largest absolute Gasteiger partial charge is 0.379 e. The molecule has 1 unspecified atom stereocenters. The zero-order valence-electron chi connectivity index (χ0n) is 10.9. The van der Waals surface area contributed by atoms with E-state index >= 15 is 0 Å². The lowest BCUT2D eigenvalue weighted by Gasteiger charge is -2.12. The molecule has 0 aliphatic heterocycles. The number of halogens is 1. The van der Waals surface area contributed by atoms with Gasteiger partial charge in [0.05, 0.1) is 25.9 Å². The topological polar surface area (TPSA) is 44.5 Å². The van der Waals surface area contributed by atoms with E-state index in [1.54, 1.807) is 12.1 Å². The van der Waals surface area contributed by atoms with Crippen molar-refractivity contribution in [2.75, 3.05) is 26.4 Å². The number of unbranched alkanes of at least 4 members (excludes halogenated alkanes) is 1. The SMILES string of the molecule is CCCCOCCOCC(N)c1cccc(F)c1. The average Bonchev–Trinajstić information content (AvgIpc) is 2.37. The molecule has 0 aliphatic rings. The molecule has 0 fully saturated rings. The number of benzene rings is 1. The molecule has 0 bridgehead atoms. The normalized spacial score (nSPS) is 12.6. The van der Waals surface area contributed by atoms with Crippen LogP contribution in [0, 0.1) is 5.82 Å². The minimum absolute atomic E-state index is 0.272. The number of nitrogens with two attached hydrogens (primary N) is 1. The third-order valence-electron chi connectivity index (χ3n) is 2.59. The lowest BCUT2D eigenvalue weighted by atomic mass is 10.1. The summed E-state index contributed by atoms with van der Waals surface area (Å²) < 4.78 is 23.7. The first-order chi connectivity index (χ1) is 8.74. The molecule has 4 heteroatoms. The molecular formula is C14H22FNO2. The van der Waals surface area contributed by atoms with E-state index < -0.39 is 0 Å². The first-order valence-electron chi connectivity index (χ1n) is 6.40. The number of hydrogen-bond donors (Lipinski definition) is 1. The van der Waals surface area contributed by atoms with E-state index in [-0.39, 0.29) is 11.9 Å². The highest BCUT2D eigenvalue weighted by atomic mass is 19.1. The van der Waals surface area contributed by atoms with Gasteiger partial charge in [0.1, 0.15) is 5.82 Å². The number of hydrogen-bond acceptors (Lipinski definition) is 3. The van der Waals surface area contributed by atoms with Crippen LogP contribution in [0.5, 0.6) is 0 Å². The van der Waals surface area contributed by atoms with E-state index in [1.165, 1.54) is 12.1 Å². The molecule has 0 radical (unpaired) electrons. The van der Waals surface area contributed by atoms with Gasteiger partial charge in [-0.3, -0.25) is 0 Å². The van der Waals surface area contributed by atoms with Crippen LogP contribution in [0.4, 0.5) is 4.39 Å². The maximum atomic E-state index is 13.0. The zero-order chi connectivity index (χ0) is 13.2. The van der Waals surface area contributed by atoms with Gasteiger partial charge in [-0.1, -0.05) is 25.5 Å². The van der Waals surface area contributed by atoms with Crippen molar-refractivity contribution in [1.82, 2.24) is 0 Å². The van der Waals surface area contributed by atoms with Gasteiger partial charge in [-0.05, 0) is 24.1 Å². The fourth-order valence-electron chi connectivity index (χ4n) is 1.51. The summed E-state index contributed by atoms with van der Waals surface area (Å²) in [5.74, 6) is -0.272. The molecule has 102 valence electrons. The Hall–Kier alpha value is -0.970. The minimum Gasteiger partial charge on any atom is -0.379 e. The van der Waals surface area contributed by atoms with Gasteiger partial charge in [0.2, 0.25) is 0 Å². The van der Waals surface area contributed by atoms with Crippen molar-refractivity contribution < 1.29 is 13.9 Å². The van der Waals surface area contributed by atoms with Crippen LogP contribution in [0.1, 0.15) is 31.4 Å². The van der Waals surface area contributed by atoms with Crippen LogP contribution < -0.4 is 5.73 Å². The first-order valence-corrected chi connectivity index (χ1v) is 6.40. The van der Waals surface area contributed by atoms with Crippen molar-refractivity contribution in [3.05, 3.63) is 35.6 Å². The first kappa shape index (κ1) is 15.1. The Kier molecular flexibility index (Phi) is 7.57. The van der Waals surface area contributed by atoms with Crippen LogP contribution in [0.15, 0.2) is 24.3 Å². The molecule has 0 saturated heterocycles. The Morgan fingerprint density at radius 3 is 2.72 bits per heavy atom. The van der Waals surface area contributed by atoms with Crippen LogP contribution in [0.25, 0.3) is 0 Å². The number of ether oxygens (including phenoxy) is 2. The molecule has 0 aliphatic carbocycles. The molecule has 1 atom stereocenters. The van der Waals surface area contributed by atoms with E-state index in [2.05, 4.69) is 6.92 Å². The van der Waals surface area contributed by atoms with Crippen LogP contribution in [0.3, 0.4) is 0 Å². The highest BCUT2D eigenvalue weighted by Crippen LogP contribution is 2.11. The molecule has 1 aromatic rings.